The van der Waals surface area contributed by atoms with Gasteiger partial charge < -0.3 is 20.3 Å². The van der Waals surface area contributed by atoms with E-state index in [1.165, 1.54) is 0 Å². The Kier molecular flexibility index (Phi) is 7.60. The molecule has 0 radical (unpaired) electrons. The van der Waals surface area contributed by atoms with Gasteiger partial charge in [-0.25, -0.2) is 4.98 Å². The summed E-state index contributed by atoms with van der Waals surface area (Å²) in [5, 5.41) is 5.88. The van der Waals surface area contributed by atoms with E-state index in [1.54, 1.807) is 18.3 Å². The van der Waals surface area contributed by atoms with Gasteiger partial charge in [0.1, 0.15) is 5.82 Å². The Labute approximate surface area is 120 Å². The third-order valence-corrected chi connectivity index (χ3v) is 2.60. The number of amides is 1. The average molecular weight is 280 g/mol. The normalized spacial score (nSPS) is 10.6. The van der Waals surface area contributed by atoms with Crippen LogP contribution in [0.1, 0.15) is 17.3 Å². The molecule has 2 N–H and O–H groups in total. The molecule has 6 heteroatoms. The number of aromatic nitrogens is 1. The summed E-state index contributed by atoms with van der Waals surface area (Å²) in [6.07, 6.45) is 1.57. The second-order valence-corrected chi connectivity index (χ2v) is 4.63. The highest BCUT2D eigenvalue weighted by atomic mass is 16.5. The molecule has 1 aromatic rings. The lowest BCUT2D eigenvalue weighted by atomic mass is 10.2. The van der Waals surface area contributed by atoms with Crippen LogP contribution >= 0.6 is 0 Å². The topological polar surface area (TPSA) is 66.5 Å². The second-order valence-electron chi connectivity index (χ2n) is 4.63. The molecule has 112 valence electrons. The molecule has 1 heterocycles. The summed E-state index contributed by atoms with van der Waals surface area (Å²) in [6.45, 7) is 5.37. The highest BCUT2D eigenvalue weighted by Gasteiger charge is 2.05. The number of likely N-dealkylation sites (N-methyl/N-ethyl adjacent to an activating group) is 1. The molecule has 1 rings (SSSR count). The van der Waals surface area contributed by atoms with Gasteiger partial charge in [-0.2, -0.15) is 0 Å². The van der Waals surface area contributed by atoms with Gasteiger partial charge in [0.15, 0.2) is 0 Å². The van der Waals surface area contributed by atoms with E-state index in [-0.39, 0.29) is 5.91 Å². The predicted octanol–water partition coefficient (Wildman–Crippen LogP) is 0.821. The zero-order valence-corrected chi connectivity index (χ0v) is 12.5. The Balaban J connectivity index is 2.22. The maximum Gasteiger partial charge on any atom is 0.252 e. The Morgan fingerprint density at radius 1 is 1.35 bits per heavy atom. The van der Waals surface area contributed by atoms with Crippen molar-refractivity contribution in [2.75, 3.05) is 52.3 Å². The summed E-state index contributed by atoms with van der Waals surface area (Å²) >= 11 is 0. The number of carbonyl (C=O) groups excluding carboxylic acids is 1. The molecule has 0 atom stereocenters. The molecule has 0 bridgehead atoms. The highest BCUT2D eigenvalue weighted by Crippen LogP contribution is 2.04. The minimum atomic E-state index is -0.128. The molecule has 0 saturated carbocycles. The van der Waals surface area contributed by atoms with Crippen LogP contribution in [0.2, 0.25) is 0 Å². The molecule has 0 aliphatic carbocycles. The van der Waals surface area contributed by atoms with Gasteiger partial charge in [-0.1, -0.05) is 0 Å². The number of nitrogens with one attached hydrogen (secondary N) is 2. The minimum Gasteiger partial charge on any atom is -0.378 e. The fourth-order valence-electron chi connectivity index (χ4n) is 1.50. The zero-order chi connectivity index (χ0) is 14.8. The summed E-state index contributed by atoms with van der Waals surface area (Å²) < 4.78 is 5.40. The van der Waals surface area contributed by atoms with Crippen molar-refractivity contribution < 1.29 is 9.53 Å². The number of pyridine rings is 1. The van der Waals surface area contributed by atoms with E-state index in [1.807, 2.05) is 21.0 Å². The maximum absolute atomic E-state index is 11.8. The fourth-order valence-corrected chi connectivity index (χ4v) is 1.50. The molecule has 20 heavy (non-hydrogen) atoms. The van der Waals surface area contributed by atoms with Crippen molar-refractivity contribution in [3.8, 4) is 0 Å². The molecule has 1 aromatic heterocycles. The minimum absolute atomic E-state index is 0.128. The largest absolute Gasteiger partial charge is 0.378 e. The van der Waals surface area contributed by atoms with E-state index in [0.29, 0.717) is 25.3 Å². The van der Waals surface area contributed by atoms with E-state index < -0.39 is 0 Å². The molecule has 0 fully saturated rings. The van der Waals surface area contributed by atoms with Crippen LogP contribution in [0.3, 0.4) is 0 Å². The van der Waals surface area contributed by atoms with Crippen LogP contribution in [0.15, 0.2) is 18.3 Å². The van der Waals surface area contributed by atoms with Gasteiger partial charge in [0, 0.05) is 25.8 Å². The third-order valence-electron chi connectivity index (χ3n) is 2.60. The molecule has 0 spiro atoms. The predicted molar refractivity (Wildman–Crippen MR) is 80.1 cm³/mol. The van der Waals surface area contributed by atoms with E-state index in [0.717, 1.165) is 18.9 Å². The number of ether oxygens (including phenoxy) is 1. The summed E-state index contributed by atoms with van der Waals surface area (Å²) in [6, 6.07) is 3.55. The third kappa shape index (κ3) is 6.49. The Hall–Kier alpha value is -1.66. The van der Waals surface area contributed by atoms with E-state index >= 15 is 0 Å². The van der Waals surface area contributed by atoms with E-state index in [4.69, 9.17) is 4.74 Å². The molecule has 0 saturated heterocycles. The molecule has 0 unspecified atom stereocenters. The van der Waals surface area contributed by atoms with Crippen LogP contribution in [-0.4, -0.2) is 62.7 Å². The molecular weight excluding hydrogens is 256 g/mol. The number of hydrogen-bond donors (Lipinski definition) is 2. The quantitative estimate of drug-likeness (QED) is 0.656. The van der Waals surface area contributed by atoms with Crippen molar-refractivity contribution in [2.24, 2.45) is 0 Å². The Bertz CT molecular complexity index is 393. The second kappa shape index (κ2) is 9.28. The van der Waals surface area contributed by atoms with Gasteiger partial charge in [0.25, 0.3) is 5.91 Å². The molecular formula is C14H24N4O2. The van der Waals surface area contributed by atoms with Crippen molar-refractivity contribution in [3.63, 3.8) is 0 Å². The number of hydrogen-bond acceptors (Lipinski definition) is 5. The fraction of sp³-hybridized carbons (Fsp3) is 0.571. The smallest absolute Gasteiger partial charge is 0.252 e. The molecule has 0 aromatic carbocycles. The van der Waals surface area contributed by atoms with Crippen LogP contribution in [0.25, 0.3) is 0 Å². The number of rotatable bonds is 9. The highest BCUT2D eigenvalue weighted by molar-refractivity contribution is 5.94. The van der Waals surface area contributed by atoms with Crippen LogP contribution in [-0.2, 0) is 4.74 Å². The standard InChI is InChI=1S/C14H24N4O2/c1-4-15-13-6-5-12(11-17-13)14(19)16-7-9-20-10-8-18(2)3/h5-6,11H,4,7-10H2,1-3H3,(H,15,17)(H,16,19). The van der Waals surface area contributed by atoms with Gasteiger partial charge in [-0.3, -0.25) is 4.79 Å². The molecule has 0 aliphatic rings. The Morgan fingerprint density at radius 2 is 2.15 bits per heavy atom. The van der Waals surface area contributed by atoms with Crippen molar-refractivity contribution in [1.82, 2.24) is 15.2 Å². The number of nitrogens with zero attached hydrogens (tertiary/aromatic N) is 2. The SMILES string of the molecule is CCNc1ccc(C(=O)NCCOCCN(C)C)cn1. The van der Waals surface area contributed by atoms with Gasteiger partial charge in [0.05, 0.1) is 18.8 Å². The van der Waals surface area contributed by atoms with E-state index in [2.05, 4.69) is 20.5 Å². The first-order valence-corrected chi connectivity index (χ1v) is 6.84. The lowest BCUT2D eigenvalue weighted by Crippen LogP contribution is -2.28. The Morgan fingerprint density at radius 3 is 2.75 bits per heavy atom. The summed E-state index contributed by atoms with van der Waals surface area (Å²) in [5.74, 6) is 0.646. The summed E-state index contributed by atoms with van der Waals surface area (Å²) in [7, 11) is 3.99. The lowest BCUT2D eigenvalue weighted by molar-refractivity contribution is 0.0900. The monoisotopic (exact) mass is 280 g/mol. The van der Waals surface area contributed by atoms with Crippen molar-refractivity contribution in [3.05, 3.63) is 23.9 Å². The van der Waals surface area contributed by atoms with Gasteiger partial charge in [0.2, 0.25) is 0 Å². The van der Waals surface area contributed by atoms with Gasteiger partial charge in [-0.05, 0) is 33.2 Å². The van der Waals surface area contributed by atoms with Crippen molar-refractivity contribution in [1.29, 1.82) is 0 Å². The number of anilines is 1. The van der Waals surface area contributed by atoms with Crippen LogP contribution in [0, 0.1) is 0 Å². The van der Waals surface area contributed by atoms with Crippen LogP contribution in [0.5, 0.6) is 0 Å². The van der Waals surface area contributed by atoms with Gasteiger partial charge in [-0.15, -0.1) is 0 Å². The van der Waals surface area contributed by atoms with Crippen LogP contribution < -0.4 is 10.6 Å². The molecule has 0 aliphatic heterocycles. The molecule has 6 nitrogen and oxygen atoms in total. The molecule has 1 amide bonds. The summed E-state index contributed by atoms with van der Waals surface area (Å²) in [4.78, 5) is 18.0. The first-order chi connectivity index (χ1) is 9.63. The summed E-state index contributed by atoms with van der Waals surface area (Å²) in [5.41, 5.74) is 0.556. The van der Waals surface area contributed by atoms with Crippen molar-refractivity contribution in [2.45, 2.75) is 6.92 Å². The first kappa shape index (κ1) is 16.4. The maximum atomic E-state index is 11.8. The van der Waals surface area contributed by atoms with Gasteiger partial charge >= 0.3 is 0 Å². The zero-order valence-electron chi connectivity index (χ0n) is 12.5. The van der Waals surface area contributed by atoms with Crippen molar-refractivity contribution >= 4 is 11.7 Å². The average Bonchev–Trinajstić information content (AvgIpc) is 2.43. The van der Waals surface area contributed by atoms with Crippen LogP contribution in [0.4, 0.5) is 5.82 Å². The first-order valence-electron chi connectivity index (χ1n) is 6.84. The lowest BCUT2D eigenvalue weighted by Gasteiger charge is -2.10. The number of carbonyl (C=O) groups is 1. The van der Waals surface area contributed by atoms with E-state index in [9.17, 15) is 4.79 Å².